The number of nitrogens with zero attached hydrogens (tertiary/aromatic N) is 2. The van der Waals surface area contributed by atoms with Crippen molar-refractivity contribution in [2.24, 2.45) is 10.7 Å². The fourth-order valence-electron chi connectivity index (χ4n) is 2.07. The van der Waals surface area contributed by atoms with Crippen molar-refractivity contribution in [3.05, 3.63) is 40.6 Å². The number of thiophene rings is 1. The molecule has 0 saturated heterocycles. The molecule has 0 aliphatic rings. The van der Waals surface area contributed by atoms with Gasteiger partial charge in [0, 0.05) is 29.7 Å². The molecule has 6 N–H and O–H groups in total. The number of imidazole rings is 1. The van der Waals surface area contributed by atoms with Crippen LogP contribution in [0.1, 0.15) is 36.3 Å². The van der Waals surface area contributed by atoms with E-state index in [1.54, 1.807) is 23.9 Å². The van der Waals surface area contributed by atoms with Crippen molar-refractivity contribution < 1.29 is 50.9 Å². The Bertz CT molecular complexity index is 939. The lowest BCUT2D eigenvalue weighted by Gasteiger charge is -2.09. The van der Waals surface area contributed by atoms with Crippen LogP contribution in [-0.2, 0) is 20.8 Å². The van der Waals surface area contributed by atoms with Crippen LogP contribution in [-0.4, -0.2) is 62.9 Å². The van der Waals surface area contributed by atoms with Gasteiger partial charge in [-0.2, -0.15) is 26.3 Å². The quantitative estimate of drug-likeness (QED) is 0.153. The number of aliphatic imine (C=N–C) groups is 1. The van der Waals surface area contributed by atoms with Gasteiger partial charge in [-0.1, -0.05) is 13.0 Å². The predicted molar refractivity (Wildman–Crippen MR) is 116 cm³/mol. The van der Waals surface area contributed by atoms with Crippen molar-refractivity contribution in [1.29, 1.82) is 0 Å². The van der Waals surface area contributed by atoms with Gasteiger partial charge >= 0.3 is 24.3 Å². The summed E-state index contributed by atoms with van der Waals surface area (Å²) < 4.78 is 63.5. The first-order chi connectivity index (χ1) is 16.5. The van der Waals surface area contributed by atoms with Gasteiger partial charge in [0.05, 0.1) is 6.33 Å². The number of rotatable bonds is 7. The number of carbonyl (C=O) groups excluding carboxylic acids is 1. The lowest BCUT2D eigenvalue weighted by molar-refractivity contribution is -0.193. The van der Waals surface area contributed by atoms with E-state index in [9.17, 15) is 31.1 Å². The zero-order chi connectivity index (χ0) is 27.9. The Morgan fingerprint density at radius 2 is 1.72 bits per heavy atom. The van der Waals surface area contributed by atoms with Gasteiger partial charge in [-0.3, -0.25) is 15.1 Å². The number of alkyl halides is 6. The zero-order valence-electron chi connectivity index (χ0n) is 18.6. The number of hydrogen-bond acceptors (Lipinski definition) is 6. The van der Waals surface area contributed by atoms with Crippen LogP contribution < -0.4 is 11.1 Å². The molecule has 2 heterocycles. The molecule has 0 spiro atoms. The van der Waals surface area contributed by atoms with Crippen LogP contribution in [0.4, 0.5) is 26.3 Å². The van der Waals surface area contributed by atoms with E-state index in [0.717, 1.165) is 18.5 Å². The number of carboxylic acids is 2. The first kappa shape index (κ1) is 32.4. The molecule has 0 saturated carbocycles. The molecular formula is C19H23F6N5O5S. The van der Waals surface area contributed by atoms with Crippen LogP contribution in [0.2, 0.25) is 0 Å². The van der Waals surface area contributed by atoms with E-state index < -0.39 is 24.3 Å². The average molecular weight is 547 g/mol. The maximum atomic E-state index is 11.9. The van der Waals surface area contributed by atoms with Crippen LogP contribution >= 0.6 is 11.3 Å². The highest BCUT2D eigenvalue weighted by molar-refractivity contribution is 7.10. The van der Waals surface area contributed by atoms with Crippen LogP contribution in [0.5, 0.6) is 0 Å². The molecular weight excluding hydrogens is 524 g/mol. The maximum absolute atomic E-state index is 11.9. The maximum Gasteiger partial charge on any atom is 0.490 e. The van der Waals surface area contributed by atoms with E-state index in [2.05, 4.69) is 20.3 Å². The Hall–Kier alpha value is -3.63. The van der Waals surface area contributed by atoms with Gasteiger partial charge in [0.2, 0.25) is 5.91 Å². The molecule has 10 nitrogen and oxygen atoms in total. The third-order valence-corrected chi connectivity index (χ3v) is 4.82. The summed E-state index contributed by atoms with van der Waals surface area (Å²) in [5.41, 5.74) is 6.80. The van der Waals surface area contributed by atoms with E-state index >= 15 is 0 Å². The number of aliphatic carboxylic acids is 2. The normalized spacial score (nSPS) is 12.4. The lowest BCUT2D eigenvalue weighted by atomic mass is 10.1. The first-order valence-corrected chi connectivity index (χ1v) is 10.6. The minimum atomic E-state index is -5.08. The summed E-state index contributed by atoms with van der Waals surface area (Å²) in [5, 5.41) is 18.9. The molecule has 202 valence electrons. The number of aromatic amines is 1. The molecule has 0 aromatic carbocycles. The third kappa shape index (κ3) is 15.3. The molecule has 1 unspecified atom stereocenters. The van der Waals surface area contributed by atoms with E-state index in [-0.39, 0.29) is 17.8 Å². The molecule has 0 fully saturated rings. The molecule has 0 radical (unpaired) electrons. The summed E-state index contributed by atoms with van der Waals surface area (Å²) in [6, 6.07) is 4.03. The monoisotopic (exact) mass is 547 g/mol. The van der Waals surface area contributed by atoms with Crippen molar-refractivity contribution in [2.75, 3.05) is 6.54 Å². The number of nitrogens with two attached hydrogens (primary N) is 1. The first-order valence-electron chi connectivity index (χ1n) is 9.74. The minimum Gasteiger partial charge on any atom is -0.475 e. The van der Waals surface area contributed by atoms with Gasteiger partial charge in [-0.05, 0) is 30.2 Å². The van der Waals surface area contributed by atoms with Crippen LogP contribution in [0, 0.1) is 0 Å². The van der Waals surface area contributed by atoms with Gasteiger partial charge in [-0.25, -0.2) is 14.6 Å². The Kier molecular flexibility index (Phi) is 13.8. The second-order valence-electron chi connectivity index (χ2n) is 6.72. The van der Waals surface area contributed by atoms with Gasteiger partial charge in [0.15, 0.2) is 5.96 Å². The summed E-state index contributed by atoms with van der Waals surface area (Å²) in [7, 11) is 0. The second kappa shape index (κ2) is 15.4. The topological polar surface area (TPSA) is 171 Å². The second-order valence-corrected chi connectivity index (χ2v) is 7.70. The Labute approximate surface area is 204 Å². The highest BCUT2D eigenvalue weighted by Gasteiger charge is 2.38. The van der Waals surface area contributed by atoms with E-state index in [1.807, 2.05) is 24.4 Å². The third-order valence-electron chi connectivity index (χ3n) is 3.71. The minimum absolute atomic E-state index is 0.101. The summed E-state index contributed by atoms with van der Waals surface area (Å²) >= 11 is 1.66. The molecule has 2 rings (SSSR count). The van der Waals surface area contributed by atoms with Crippen LogP contribution in [0.25, 0.3) is 0 Å². The lowest BCUT2D eigenvalue weighted by Crippen LogP contribution is -2.37. The van der Waals surface area contributed by atoms with Gasteiger partial charge in [0.25, 0.3) is 0 Å². The number of aromatic nitrogens is 2. The van der Waals surface area contributed by atoms with E-state index in [0.29, 0.717) is 13.0 Å². The molecule has 0 aliphatic heterocycles. The van der Waals surface area contributed by atoms with Gasteiger partial charge in [-0.15, -0.1) is 11.3 Å². The van der Waals surface area contributed by atoms with Gasteiger partial charge < -0.3 is 20.9 Å². The smallest absolute Gasteiger partial charge is 0.475 e. The SMILES string of the molecule is CC(CC(=O)NC(N)=NCCCc1cnc[nH]1)c1cccs1.O=C(O)C(F)(F)F.O=C(O)C(F)(F)F. The van der Waals surface area contributed by atoms with Crippen molar-refractivity contribution in [3.8, 4) is 0 Å². The zero-order valence-corrected chi connectivity index (χ0v) is 19.4. The number of nitrogens with one attached hydrogen (secondary N) is 2. The van der Waals surface area contributed by atoms with Crippen molar-refractivity contribution in [1.82, 2.24) is 15.3 Å². The van der Waals surface area contributed by atoms with Crippen LogP contribution in [0.3, 0.4) is 0 Å². The Morgan fingerprint density at radius 1 is 1.17 bits per heavy atom. The Morgan fingerprint density at radius 3 is 2.14 bits per heavy atom. The molecule has 0 aliphatic carbocycles. The van der Waals surface area contributed by atoms with Gasteiger partial charge in [0.1, 0.15) is 0 Å². The molecule has 1 amide bonds. The van der Waals surface area contributed by atoms with Crippen molar-refractivity contribution in [2.45, 2.75) is 44.5 Å². The van der Waals surface area contributed by atoms with E-state index in [1.165, 1.54) is 4.88 Å². The summed E-state index contributed by atoms with van der Waals surface area (Å²) in [4.78, 5) is 42.0. The standard InChI is InChI=1S/C15H21N5OS.2C2HF3O2/c1-11(13-5-3-7-22-13)8-14(21)20-15(16)18-6-2-4-12-9-17-10-19-12;2*3-2(4,5)1(6)7/h3,5,7,9-11H,2,4,6,8H2,1H3,(H,17,19)(H3,16,18,20,21);2*(H,6,7). The highest BCUT2D eigenvalue weighted by atomic mass is 32.1. The summed E-state index contributed by atoms with van der Waals surface area (Å²) in [6.45, 7) is 2.61. The average Bonchev–Trinajstić information content (AvgIpc) is 3.45. The number of aryl methyl sites for hydroxylation is 1. The van der Waals surface area contributed by atoms with E-state index in [4.69, 9.17) is 25.5 Å². The van der Waals surface area contributed by atoms with Crippen molar-refractivity contribution >= 4 is 35.1 Å². The molecule has 17 heteroatoms. The largest absolute Gasteiger partial charge is 0.490 e. The number of guanidine groups is 1. The molecule has 36 heavy (non-hydrogen) atoms. The number of hydrogen-bond donors (Lipinski definition) is 5. The number of H-pyrrole nitrogens is 1. The fraction of sp³-hybridized carbons (Fsp3) is 0.421. The molecule has 0 bridgehead atoms. The highest BCUT2D eigenvalue weighted by Crippen LogP contribution is 2.23. The number of amides is 1. The predicted octanol–water partition coefficient (Wildman–Crippen LogP) is 3.30. The number of carbonyl (C=O) groups is 3. The molecule has 2 aromatic heterocycles. The summed E-state index contributed by atoms with van der Waals surface area (Å²) in [5.74, 6) is -5.24. The van der Waals surface area contributed by atoms with Crippen LogP contribution in [0.15, 0.2) is 35.0 Å². The molecule has 2 aromatic rings. The Balaban J connectivity index is 0.000000720. The summed E-state index contributed by atoms with van der Waals surface area (Å²) in [6.07, 6.45) is -4.60. The number of halogens is 6. The molecule has 1 atom stereocenters. The fourth-order valence-corrected chi connectivity index (χ4v) is 2.86. The number of carboxylic acid groups (broad SMARTS) is 2. The van der Waals surface area contributed by atoms with Crippen molar-refractivity contribution in [3.63, 3.8) is 0 Å².